The molecule has 8 heteroatoms. The van der Waals surface area contributed by atoms with Crippen LogP contribution in [0.1, 0.15) is 38.7 Å². The topological polar surface area (TPSA) is 85.3 Å². The number of halogens is 1. The number of carbonyl (C=O) groups is 3. The summed E-state index contributed by atoms with van der Waals surface area (Å²) in [6.45, 7) is 5.39. The monoisotopic (exact) mass is 538 g/mol. The van der Waals surface area contributed by atoms with Gasteiger partial charge in [-0.2, -0.15) is 10.1 Å². The Morgan fingerprint density at radius 1 is 1.09 bits per heavy atom. The summed E-state index contributed by atoms with van der Waals surface area (Å²) in [4.78, 5) is 41.0. The smallest absolute Gasteiger partial charge is 0.334 e. The minimum atomic E-state index is -1.46. The first kappa shape index (κ1) is 24.9. The number of anilines is 1. The minimum absolute atomic E-state index is 0.107. The van der Waals surface area contributed by atoms with Crippen molar-refractivity contribution in [3.8, 4) is 0 Å². The summed E-state index contributed by atoms with van der Waals surface area (Å²) in [5.41, 5.74) is 0.556. The van der Waals surface area contributed by atoms with E-state index >= 15 is 0 Å². The molecule has 1 aliphatic heterocycles. The summed E-state index contributed by atoms with van der Waals surface area (Å²) in [6.07, 6.45) is 2.06. The van der Waals surface area contributed by atoms with Gasteiger partial charge in [0.1, 0.15) is 11.3 Å². The maximum atomic E-state index is 14.4. The van der Waals surface area contributed by atoms with E-state index in [1.165, 1.54) is 5.01 Å². The van der Waals surface area contributed by atoms with Crippen LogP contribution < -0.4 is 5.01 Å². The summed E-state index contributed by atoms with van der Waals surface area (Å²) in [5, 5.41) is 5.98. The zero-order valence-corrected chi connectivity index (χ0v) is 21.4. The number of nitrogens with zero attached hydrogens (tertiary/aromatic N) is 2. The highest BCUT2D eigenvalue weighted by Gasteiger charge is 2.65. The second-order valence-corrected chi connectivity index (χ2v) is 9.33. The fourth-order valence-electron chi connectivity index (χ4n) is 5.16. The number of benzene rings is 2. The Morgan fingerprint density at radius 3 is 2.46 bits per heavy atom. The number of allylic oxidation sites excluding steroid dienone is 1. The molecule has 0 unspecified atom stereocenters. The molecule has 182 valence electrons. The van der Waals surface area contributed by atoms with Crippen LogP contribution in [0.3, 0.4) is 0 Å². The molecule has 0 radical (unpaired) electrons. The first-order chi connectivity index (χ1) is 16.9. The Morgan fingerprint density at radius 2 is 1.80 bits per heavy atom. The van der Waals surface area contributed by atoms with Gasteiger partial charge in [-0.15, -0.1) is 0 Å². The third-order valence-electron chi connectivity index (χ3n) is 6.57. The predicted octanol–water partition coefficient (Wildman–Crippen LogP) is 5.01. The van der Waals surface area contributed by atoms with Crippen LogP contribution in [-0.4, -0.2) is 36.8 Å². The Kier molecular flexibility index (Phi) is 7.21. The van der Waals surface area contributed by atoms with Gasteiger partial charge in [0, 0.05) is 16.0 Å². The number of hydrogen-bond donors (Lipinski definition) is 0. The molecule has 2 aromatic carbocycles. The second kappa shape index (κ2) is 10.2. The van der Waals surface area contributed by atoms with Crippen LogP contribution >= 0.6 is 15.9 Å². The molecule has 0 fully saturated rings. The molecule has 7 nitrogen and oxygen atoms in total. The molecule has 0 aromatic heterocycles. The van der Waals surface area contributed by atoms with Crippen LogP contribution in [0.2, 0.25) is 0 Å². The number of para-hydroxylation sites is 1. The Labute approximate surface area is 212 Å². The fraction of sp³-hybridized carbons (Fsp3) is 0.333. The van der Waals surface area contributed by atoms with Gasteiger partial charge >= 0.3 is 11.9 Å². The summed E-state index contributed by atoms with van der Waals surface area (Å²) < 4.78 is 11.6. The van der Waals surface area contributed by atoms with Gasteiger partial charge in [0.25, 0.3) is 5.91 Å². The molecule has 2 aliphatic rings. The molecule has 2 aromatic rings. The van der Waals surface area contributed by atoms with Crippen molar-refractivity contribution in [1.29, 1.82) is 0 Å². The highest BCUT2D eigenvalue weighted by atomic mass is 79.9. The minimum Gasteiger partial charge on any atom is -0.465 e. The third kappa shape index (κ3) is 4.20. The highest BCUT2D eigenvalue weighted by Crippen LogP contribution is 2.56. The summed E-state index contributed by atoms with van der Waals surface area (Å²) >= 11 is 3.52. The second-order valence-electron chi connectivity index (χ2n) is 8.42. The van der Waals surface area contributed by atoms with Gasteiger partial charge in [0.05, 0.1) is 24.6 Å². The maximum Gasteiger partial charge on any atom is 0.334 e. The summed E-state index contributed by atoms with van der Waals surface area (Å²) in [5.74, 6) is -3.32. The van der Waals surface area contributed by atoms with Crippen LogP contribution in [0.4, 0.5) is 5.69 Å². The lowest BCUT2D eigenvalue weighted by atomic mass is 9.55. The SMILES string of the molecule is CCOC(=O)C1=CC[C@@H](c2cccc(Br)c2)[C@@]2(C(=O)N(c3ccccc3)N=C2C)[C@H]1C(=O)OCC. The first-order valence-electron chi connectivity index (χ1n) is 11.6. The Balaban J connectivity index is 1.97. The van der Waals surface area contributed by atoms with E-state index in [1.807, 2.05) is 42.5 Å². The summed E-state index contributed by atoms with van der Waals surface area (Å²) in [7, 11) is 0. The number of amides is 1. The van der Waals surface area contributed by atoms with Gasteiger partial charge < -0.3 is 9.47 Å². The number of rotatable bonds is 6. The van der Waals surface area contributed by atoms with Gasteiger partial charge in [-0.3, -0.25) is 9.59 Å². The van der Waals surface area contributed by atoms with E-state index in [0.717, 1.165) is 10.0 Å². The van der Waals surface area contributed by atoms with E-state index in [-0.39, 0.29) is 24.7 Å². The quantitative estimate of drug-likeness (QED) is 0.482. The Hall–Kier alpha value is -3.26. The van der Waals surface area contributed by atoms with Gasteiger partial charge in [0.2, 0.25) is 0 Å². The molecule has 1 spiro atoms. The molecule has 0 bridgehead atoms. The normalized spacial score (nSPS) is 23.7. The average Bonchev–Trinajstić information content (AvgIpc) is 3.10. The number of hydrazone groups is 1. The van der Waals surface area contributed by atoms with E-state index in [9.17, 15) is 14.4 Å². The van der Waals surface area contributed by atoms with Crippen molar-refractivity contribution in [2.45, 2.75) is 33.1 Å². The maximum absolute atomic E-state index is 14.4. The third-order valence-corrected chi connectivity index (χ3v) is 7.06. The van der Waals surface area contributed by atoms with Gasteiger partial charge in [-0.05, 0) is 57.0 Å². The first-order valence-corrected chi connectivity index (χ1v) is 12.4. The lowest BCUT2D eigenvalue weighted by Gasteiger charge is -2.44. The largest absolute Gasteiger partial charge is 0.465 e. The molecule has 35 heavy (non-hydrogen) atoms. The molecule has 1 aliphatic carbocycles. The van der Waals surface area contributed by atoms with E-state index in [2.05, 4.69) is 21.0 Å². The van der Waals surface area contributed by atoms with Crippen molar-refractivity contribution >= 4 is 45.2 Å². The van der Waals surface area contributed by atoms with Crippen LogP contribution in [0.5, 0.6) is 0 Å². The molecule has 0 saturated heterocycles. The molecule has 1 heterocycles. The molecule has 3 atom stereocenters. The molecular weight excluding hydrogens is 512 g/mol. The zero-order valence-electron chi connectivity index (χ0n) is 19.9. The molecule has 4 rings (SSSR count). The molecular formula is C27H27BrN2O5. The number of esters is 2. The molecule has 1 amide bonds. The fourth-order valence-corrected chi connectivity index (χ4v) is 5.57. The molecule has 0 N–H and O–H groups in total. The average molecular weight is 539 g/mol. The van der Waals surface area contributed by atoms with E-state index in [1.54, 1.807) is 39.0 Å². The van der Waals surface area contributed by atoms with E-state index in [4.69, 9.17) is 9.47 Å². The van der Waals surface area contributed by atoms with Gasteiger partial charge in [-0.1, -0.05) is 52.3 Å². The number of ether oxygens (including phenoxy) is 2. The van der Waals surface area contributed by atoms with Crippen molar-refractivity contribution in [2.75, 3.05) is 18.2 Å². The van der Waals surface area contributed by atoms with Crippen LogP contribution in [0.15, 0.2) is 75.8 Å². The van der Waals surface area contributed by atoms with Crippen LogP contribution in [0.25, 0.3) is 0 Å². The molecule has 0 saturated carbocycles. The lowest BCUT2D eigenvalue weighted by Crippen LogP contribution is -2.55. The zero-order chi connectivity index (χ0) is 25.2. The predicted molar refractivity (Wildman–Crippen MR) is 136 cm³/mol. The van der Waals surface area contributed by atoms with E-state index < -0.39 is 29.2 Å². The van der Waals surface area contributed by atoms with Crippen molar-refractivity contribution in [1.82, 2.24) is 0 Å². The van der Waals surface area contributed by atoms with Crippen LogP contribution in [0, 0.1) is 11.3 Å². The van der Waals surface area contributed by atoms with Gasteiger partial charge in [-0.25, -0.2) is 4.79 Å². The van der Waals surface area contributed by atoms with Crippen LogP contribution in [-0.2, 0) is 23.9 Å². The standard InChI is InChI=1S/C27H27BrN2O5/c1-4-34-24(31)21-14-15-22(18-10-9-11-19(28)16-18)27(23(21)25(32)35-5-2)17(3)29-30(26(27)33)20-12-7-6-8-13-20/h6-14,16,22-23H,4-5,15H2,1-3H3/t22-,23+,27+/m0/s1. The van der Waals surface area contributed by atoms with Crippen molar-refractivity contribution in [2.24, 2.45) is 16.4 Å². The lowest BCUT2D eigenvalue weighted by molar-refractivity contribution is -0.156. The van der Waals surface area contributed by atoms with Gasteiger partial charge in [0.15, 0.2) is 0 Å². The van der Waals surface area contributed by atoms with E-state index in [0.29, 0.717) is 17.8 Å². The van der Waals surface area contributed by atoms with Crippen molar-refractivity contribution in [3.63, 3.8) is 0 Å². The summed E-state index contributed by atoms with van der Waals surface area (Å²) in [6, 6.07) is 16.7. The number of carbonyl (C=O) groups excluding carboxylic acids is 3. The highest BCUT2D eigenvalue weighted by molar-refractivity contribution is 9.10. The number of hydrogen-bond acceptors (Lipinski definition) is 6. The van der Waals surface area contributed by atoms with Crippen molar-refractivity contribution < 1.29 is 23.9 Å². The van der Waals surface area contributed by atoms with Crippen molar-refractivity contribution in [3.05, 3.63) is 76.3 Å². The Bertz CT molecular complexity index is 1210.